The van der Waals surface area contributed by atoms with Crippen molar-refractivity contribution in [2.45, 2.75) is 62.4 Å². The van der Waals surface area contributed by atoms with E-state index in [-0.39, 0.29) is 17.0 Å². The molecule has 2 fully saturated rings. The van der Waals surface area contributed by atoms with Crippen molar-refractivity contribution in [1.29, 1.82) is 0 Å². The number of hydrogen-bond acceptors (Lipinski definition) is 6. The number of rotatable bonds is 7. The number of nitrogens with two attached hydrogens (primary N) is 1. The summed E-state index contributed by atoms with van der Waals surface area (Å²) < 4.78 is 29.5. The average Bonchev–Trinajstić information content (AvgIpc) is 2.55. The van der Waals surface area contributed by atoms with Crippen molar-refractivity contribution in [2.24, 2.45) is 5.73 Å². The maximum absolute atomic E-state index is 12.3. The topological polar surface area (TPSA) is 84.7 Å². The first-order valence-electron chi connectivity index (χ1n) is 8.93. The first-order chi connectivity index (χ1) is 11.0. The molecule has 0 spiro atoms. The van der Waals surface area contributed by atoms with E-state index in [0.717, 1.165) is 51.7 Å². The molecule has 2 heterocycles. The predicted molar refractivity (Wildman–Crippen MR) is 93.3 cm³/mol. The van der Waals surface area contributed by atoms with E-state index in [4.69, 9.17) is 10.5 Å². The predicted octanol–water partition coefficient (Wildman–Crippen LogP) is 0.370. The summed E-state index contributed by atoms with van der Waals surface area (Å²) in [6, 6.07) is 0.919. The van der Waals surface area contributed by atoms with Crippen LogP contribution < -0.4 is 11.1 Å². The summed E-state index contributed by atoms with van der Waals surface area (Å²) >= 11 is 0. The van der Waals surface area contributed by atoms with Crippen LogP contribution in [0.1, 0.15) is 39.0 Å². The fourth-order valence-electron chi connectivity index (χ4n) is 3.98. The second-order valence-corrected chi connectivity index (χ2v) is 9.28. The molecule has 7 heteroatoms. The number of methoxy groups -OCH3 is 1. The Kier molecular flexibility index (Phi) is 7.28. The molecule has 136 valence electrons. The van der Waals surface area contributed by atoms with Crippen LogP contribution in [0.5, 0.6) is 0 Å². The Bertz CT molecular complexity index is 447. The van der Waals surface area contributed by atoms with Gasteiger partial charge in [-0.15, -0.1) is 0 Å². The van der Waals surface area contributed by atoms with Crippen molar-refractivity contribution >= 4 is 9.84 Å². The number of nitrogens with zero attached hydrogens (tertiary/aromatic N) is 1. The van der Waals surface area contributed by atoms with E-state index in [2.05, 4.69) is 17.1 Å². The summed E-state index contributed by atoms with van der Waals surface area (Å²) in [6.07, 6.45) is 4.75. The van der Waals surface area contributed by atoms with Crippen LogP contribution in [0.2, 0.25) is 0 Å². The van der Waals surface area contributed by atoms with E-state index < -0.39 is 9.84 Å². The minimum absolute atomic E-state index is 0.138. The lowest BCUT2D eigenvalue weighted by molar-refractivity contribution is 0.101. The minimum atomic E-state index is -3.03. The van der Waals surface area contributed by atoms with Gasteiger partial charge in [-0.1, -0.05) is 13.3 Å². The second kappa shape index (κ2) is 8.76. The largest absolute Gasteiger partial charge is 0.384 e. The number of ether oxygens (including phenoxy) is 1. The molecule has 0 saturated carbocycles. The lowest BCUT2D eigenvalue weighted by Gasteiger charge is -2.45. The highest BCUT2D eigenvalue weighted by molar-refractivity contribution is 7.92. The maximum atomic E-state index is 12.3. The van der Waals surface area contributed by atoms with Gasteiger partial charge in [-0.05, 0) is 45.3 Å². The van der Waals surface area contributed by atoms with Gasteiger partial charge in [-0.25, -0.2) is 8.42 Å². The molecule has 0 aromatic carbocycles. The molecular formula is C16H33N3O3S. The lowest BCUT2D eigenvalue weighted by atomic mass is 9.89. The monoisotopic (exact) mass is 347 g/mol. The SMILES string of the molecule is CCCC1NCCC(N2CCC(S(=O)(=O)CCOC)CC2)C1N. The normalized spacial score (nSPS) is 31.3. The summed E-state index contributed by atoms with van der Waals surface area (Å²) in [7, 11) is -1.48. The number of hydrogen-bond donors (Lipinski definition) is 2. The Hall–Kier alpha value is -0.210. The van der Waals surface area contributed by atoms with Crippen LogP contribution in [0.4, 0.5) is 0 Å². The summed E-state index contributed by atoms with van der Waals surface area (Å²) in [5.41, 5.74) is 6.49. The zero-order valence-electron chi connectivity index (χ0n) is 14.5. The van der Waals surface area contributed by atoms with Crippen LogP contribution in [0.25, 0.3) is 0 Å². The van der Waals surface area contributed by atoms with Crippen molar-refractivity contribution in [3.8, 4) is 0 Å². The molecule has 6 nitrogen and oxygen atoms in total. The Morgan fingerprint density at radius 1 is 1.26 bits per heavy atom. The Morgan fingerprint density at radius 3 is 2.57 bits per heavy atom. The molecule has 2 aliphatic rings. The summed E-state index contributed by atoms with van der Waals surface area (Å²) in [5.74, 6) is 0.138. The smallest absolute Gasteiger partial charge is 0.155 e. The molecule has 2 saturated heterocycles. The summed E-state index contributed by atoms with van der Waals surface area (Å²) in [4.78, 5) is 2.43. The molecule has 3 atom stereocenters. The van der Waals surface area contributed by atoms with Gasteiger partial charge in [-0.3, -0.25) is 4.90 Å². The quantitative estimate of drug-likeness (QED) is 0.692. The zero-order chi connectivity index (χ0) is 16.9. The molecular weight excluding hydrogens is 314 g/mol. The third kappa shape index (κ3) is 4.89. The number of nitrogens with one attached hydrogen (secondary N) is 1. The Morgan fingerprint density at radius 2 is 1.96 bits per heavy atom. The molecule has 0 aliphatic carbocycles. The molecule has 0 radical (unpaired) electrons. The van der Waals surface area contributed by atoms with Gasteiger partial charge in [0.15, 0.2) is 9.84 Å². The first-order valence-corrected chi connectivity index (χ1v) is 10.6. The van der Waals surface area contributed by atoms with Gasteiger partial charge in [0.2, 0.25) is 0 Å². The van der Waals surface area contributed by atoms with Crippen molar-refractivity contribution in [1.82, 2.24) is 10.2 Å². The molecule has 0 aromatic rings. The van der Waals surface area contributed by atoms with Crippen molar-refractivity contribution < 1.29 is 13.2 Å². The molecule has 2 aliphatic heterocycles. The zero-order valence-corrected chi connectivity index (χ0v) is 15.4. The van der Waals surface area contributed by atoms with E-state index in [0.29, 0.717) is 18.7 Å². The highest BCUT2D eigenvalue weighted by Gasteiger charge is 2.37. The number of sulfone groups is 1. The Balaban J connectivity index is 1.88. The van der Waals surface area contributed by atoms with Gasteiger partial charge >= 0.3 is 0 Å². The molecule has 0 amide bonds. The van der Waals surface area contributed by atoms with Gasteiger partial charge in [0.25, 0.3) is 0 Å². The summed E-state index contributed by atoms with van der Waals surface area (Å²) in [6.45, 7) is 5.17. The molecule has 0 aromatic heterocycles. The van der Waals surface area contributed by atoms with Gasteiger partial charge < -0.3 is 15.8 Å². The first kappa shape index (κ1) is 19.1. The third-order valence-electron chi connectivity index (χ3n) is 5.38. The fourth-order valence-corrected chi connectivity index (χ4v) is 5.64. The fraction of sp³-hybridized carbons (Fsp3) is 1.00. The third-order valence-corrected chi connectivity index (χ3v) is 7.60. The van der Waals surface area contributed by atoms with Crippen LogP contribution in [-0.2, 0) is 14.6 Å². The van der Waals surface area contributed by atoms with Crippen LogP contribution in [0, 0.1) is 0 Å². The lowest BCUT2D eigenvalue weighted by Crippen LogP contribution is -2.63. The standard InChI is InChI=1S/C16H33N3O3S/c1-3-4-14-16(17)15(5-8-18-14)19-9-6-13(7-10-19)23(20,21)12-11-22-2/h13-16,18H,3-12,17H2,1-2H3. The molecule has 3 N–H and O–H groups in total. The number of likely N-dealkylation sites (tertiary alicyclic amines) is 1. The van der Waals surface area contributed by atoms with Crippen LogP contribution in [0.15, 0.2) is 0 Å². The minimum Gasteiger partial charge on any atom is -0.384 e. The van der Waals surface area contributed by atoms with E-state index in [1.807, 2.05) is 0 Å². The van der Waals surface area contributed by atoms with Crippen LogP contribution in [0.3, 0.4) is 0 Å². The van der Waals surface area contributed by atoms with Crippen molar-refractivity contribution in [3.63, 3.8) is 0 Å². The van der Waals surface area contributed by atoms with Gasteiger partial charge in [0.1, 0.15) is 0 Å². The van der Waals surface area contributed by atoms with Crippen LogP contribution in [-0.4, -0.2) is 75.8 Å². The van der Waals surface area contributed by atoms with Gasteiger partial charge in [-0.2, -0.15) is 0 Å². The van der Waals surface area contributed by atoms with E-state index in [1.54, 1.807) is 7.11 Å². The molecule has 3 unspecified atom stereocenters. The van der Waals surface area contributed by atoms with Crippen molar-refractivity contribution in [3.05, 3.63) is 0 Å². The maximum Gasteiger partial charge on any atom is 0.155 e. The van der Waals surface area contributed by atoms with Gasteiger partial charge in [0.05, 0.1) is 17.6 Å². The summed E-state index contributed by atoms with van der Waals surface area (Å²) in [5, 5.41) is 3.32. The average molecular weight is 348 g/mol. The highest BCUT2D eigenvalue weighted by atomic mass is 32.2. The van der Waals surface area contributed by atoms with E-state index in [9.17, 15) is 8.42 Å². The van der Waals surface area contributed by atoms with Gasteiger partial charge in [0, 0.05) is 25.2 Å². The molecule has 0 bridgehead atoms. The second-order valence-electron chi connectivity index (χ2n) is 6.88. The van der Waals surface area contributed by atoms with E-state index in [1.165, 1.54) is 0 Å². The highest BCUT2D eigenvalue weighted by Crippen LogP contribution is 2.24. The molecule has 2 rings (SSSR count). The molecule has 23 heavy (non-hydrogen) atoms. The van der Waals surface area contributed by atoms with E-state index >= 15 is 0 Å². The Labute approximate surface area is 141 Å². The van der Waals surface area contributed by atoms with Crippen molar-refractivity contribution in [2.75, 3.05) is 39.1 Å². The number of piperidine rings is 2. The van der Waals surface area contributed by atoms with Crippen LogP contribution >= 0.6 is 0 Å².